The standard InChI is InChI=1S/C13H18FNO/c1-3-9-7-10(12-5-4-6-15-12)13(16-2)8-11(9)14/h7-8,12,15H,3-6H2,1-2H3. The molecule has 1 atom stereocenters. The molecule has 0 aromatic heterocycles. The fraction of sp³-hybridized carbons (Fsp3) is 0.538. The molecule has 0 aliphatic carbocycles. The van der Waals surface area contributed by atoms with Crippen LogP contribution in [0, 0.1) is 5.82 Å². The minimum atomic E-state index is -0.166. The lowest BCUT2D eigenvalue weighted by atomic mass is 10.00. The molecule has 16 heavy (non-hydrogen) atoms. The van der Waals surface area contributed by atoms with Crippen molar-refractivity contribution in [2.75, 3.05) is 13.7 Å². The molecule has 0 amide bonds. The number of hydrogen-bond donors (Lipinski definition) is 1. The van der Waals surface area contributed by atoms with Crippen molar-refractivity contribution in [3.63, 3.8) is 0 Å². The Labute approximate surface area is 95.8 Å². The fourth-order valence-electron chi connectivity index (χ4n) is 2.29. The van der Waals surface area contributed by atoms with E-state index in [-0.39, 0.29) is 5.82 Å². The molecule has 1 saturated heterocycles. The quantitative estimate of drug-likeness (QED) is 0.850. The summed E-state index contributed by atoms with van der Waals surface area (Å²) in [5.74, 6) is 0.496. The number of benzene rings is 1. The highest BCUT2D eigenvalue weighted by Crippen LogP contribution is 2.32. The highest BCUT2D eigenvalue weighted by atomic mass is 19.1. The molecule has 3 heteroatoms. The van der Waals surface area contributed by atoms with E-state index in [0.717, 1.165) is 30.5 Å². The van der Waals surface area contributed by atoms with Gasteiger partial charge in [0, 0.05) is 17.7 Å². The van der Waals surface area contributed by atoms with E-state index < -0.39 is 0 Å². The third-order valence-electron chi connectivity index (χ3n) is 3.22. The van der Waals surface area contributed by atoms with Gasteiger partial charge in [-0.3, -0.25) is 0 Å². The van der Waals surface area contributed by atoms with E-state index in [4.69, 9.17) is 4.74 Å². The summed E-state index contributed by atoms with van der Waals surface area (Å²) in [5, 5.41) is 3.42. The van der Waals surface area contributed by atoms with Crippen molar-refractivity contribution in [3.05, 3.63) is 29.1 Å². The van der Waals surface area contributed by atoms with E-state index in [1.54, 1.807) is 7.11 Å². The molecule has 1 aliphatic rings. The second-order valence-electron chi connectivity index (χ2n) is 4.19. The largest absolute Gasteiger partial charge is 0.496 e. The monoisotopic (exact) mass is 223 g/mol. The summed E-state index contributed by atoms with van der Waals surface area (Å²) in [4.78, 5) is 0. The van der Waals surface area contributed by atoms with E-state index in [2.05, 4.69) is 5.32 Å². The van der Waals surface area contributed by atoms with E-state index in [1.807, 2.05) is 13.0 Å². The van der Waals surface area contributed by atoms with Crippen LogP contribution in [0.1, 0.15) is 36.9 Å². The van der Waals surface area contributed by atoms with Crippen LogP contribution in [0.15, 0.2) is 12.1 Å². The Bertz CT molecular complexity index is 372. The Kier molecular flexibility index (Phi) is 3.44. The summed E-state index contributed by atoms with van der Waals surface area (Å²) < 4.78 is 18.9. The zero-order valence-corrected chi connectivity index (χ0v) is 9.85. The van der Waals surface area contributed by atoms with Crippen molar-refractivity contribution in [3.8, 4) is 5.75 Å². The lowest BCUT2D eigenvalue weighted by Crippen LogP contribution is -2.14. The number of hydrogen-bond acceptors (Lipinski definition) is 2. The van der Waals surface area contributed by atoms with Crippen LogP contribution in [0.2, 0.25) is 0 Å². The first kappa shape index (κ1) is 11.4. The Balaban J connectivity index is 2.40. The number of ether oxygens (including phenoxy) is 1. The highest BCUT2D eigenvalue weighted by Gasteiger charge is 2.21. The van der Waals surface area contributed by atoms with Crippen LogP contribution in [-0.4, -0.2) is 13.7 Å². The zero-order valence-electron chi connectivity index (χ0n) is 9.85. The fourth-order valence-corrected chi connectivity index (χ4v) is 2.29. The molecule has 0 spiro atoms. The van der Waals surface area contributed by atoms with Gasteiger partial charge in [-0.05, 0) is 37.4 Å². The molecule has 1 aromatic rings. The minimum Gasteiger partial charge on any atom is -0.496 e. The molecule has 1 unspecified atom stereocenters. The number of nitrogens with one attached hydrogen (secondary N) is 1. The SMILES string of the molecule is CCc1cc(C2CCCN2)c(OC)cc1F. The summed E-state index contributed by atoms with van der Waals surface area (Å²) in [6.45, 7) is 3.00. The molecule has 88 valence electrons. The van der Waals surface area contributed by atoms with Crippen LogP contribution in [0.5, 0.6) is 5.75 Å². The Morgan fingerprint density at radius 3 is 2.88 bits per heavy atom. The molecule has 0 saturated carbocycles. The van der Waals surface area contributed by atoms with Gasteiger partial charge in [0.25, 0.3) is 0 Å². The molecular weight excluding hydrogens is 205 g/mol. The average Bonchev–Trinajstić information content (AvgIpc) is 2.82. The maximum atomic E-state index is 13.6. The summed E-state index contributed by atoms with van der Waals surface area (Å²) in [5.41, 5.74) is 1.86. The molecule has 1 aromatic carbocycles. The Morgan fingerprint density at radius 1 is 1.50 bits per heavy atom. The van der Waals surface area contributed by atoms with E-state index in [0.29, 0.717) is 11.8 Å². The summed E-state index contributed by atoms with van der Waals surface area (Å²) >= 11 is 0. The topological polar surface area (TPSA) is 21.3 Å². The normalized spacial score (nSPS) is 20.1. The summed E-state index contributed by atoms with van der Waals surface area (Å²) in [6, 6.07) is 3.77. The number of halogens is 1. The van der Waals surface area contributed by atoms with Gasteiger partial charge in [-0.1, -0.05) is 6.92 Å². The van der Waals surface area contributed by atoms with Crippen LogP contribution in [-0.2, 0) is 6.42 Å². The van der Waals surface area contributed by atoms with Crippen molar-refractivity contribution < 1.29 is 9.13 Å². The van der Waals surface area contributed by atoms with Gasteiger partial charge in [0.05, 0.1) is 7.11 Å². The molecule has 0 bridgehead atoms. The molecule has 1 aliphatic heterocycles. The minimum absolute atomic E-state index is 0.166. The number of aryl methyl sites for hydroxylation is 1. The van der Waals surface area contributed by atoms with Crippen molar-refractivity contribution >= 4 is 0 Å². The third kappa shape index (κ3) is 2.05. The molecule has 2 nitrogen and oxygen atoms in total. The predicted molar refractivity (Wildman–Crippen MR) is 62.3 cm³/mol. The second kappa shape index (κ2) is 4.83. The number of methoxy groups -OCH3 is 1. The van der Waals surface area contributed by atoms with Crippen LogP contribution < -0.4 is 10.1 Å². The van der Waals surface area contributed by atoms with Gasteiger partial charge in [0.1, 0.15) is 11.6 Å². The van der Waals surface area contributed by atoms with Gasteiger partial charge < -0.3 is 10.1 Å². The maximum absolute atomic E-state index is 13.6. The number of rotatable bonds is 3. The Hall–Kier alpha value is -1.09. The van der Waals surface area contributed by atoms with Gasteiger partial charge in [0.2, 0.25) is 0 Å². The van der Waals surface area contributed by atoms with Gasteiger partial charge >= 0.3 is 0 Å². The Morgan fingerprint density at radius 2 is 2.31 bits per heavy atom. The predicted octanol–water partition coefficient (Wildman–Crippen LogP) is 2.82. The first-order valence-electron chi connectivity index (χ1n) is 5.86. The van der Waals surface area contributed by atoms with Crippen LogP contribution in [0.4, 0.5) is 4.39 Å². The van der Waals surface area contributed by atoms with E-state index in [1.165, 1.54) is 12.5 Å². The van der Waals surface area contributed by atoms with Gasteiger partial charge in [-0.2, -0.15) is 0 Å². The lowest BCUT2D eigenvalue weighted by Gasteiger charge is -2.16. The highest BCUT2D eigenvalue weighted by molar-refractivity contribution is 5.40. The average molecular weight is 223 g/mol. The first-order valence-corrected chi connectivity index (χ1v) is 5.86. The van der Waals surface area contributed by atoms with Crippen molar-refractivity contribution in [2.45, 2.75) is 32.2 Å². The van der Waals surface area contributed by atoms with Crippen molar-refractivity contribution in [1.29, 1.82) is 0 Å². The molecule has 1 fully saturated rings. The molecule has 1 heterocycles. The smallest absolute Gasteiger partial charge is 0.130 e. The van der Waals surface area contributed by atoms with Crippen LogP contribution >= 0.6 is 0 Å². The summed E-state index contributed by atoms with van der Waals surface area (Å²) in [6.07, 6.45) is 2.99. The zero-order chi connectivity index (χ0) is 11.5. The molecule has 2 rings (SSSR count). The molecule has 1 N–H and O–H groups in total. The molecule has 0 radical (unpaired) electrons. The van der Waals surface area contributed by atoms with Gasteiger partial charge in [0.15, 0.2) is 0 Å². The first-order chi connectivity index (χ1) is 7.76. The molecular formula is C13H18FNO. The lowest BCUT2D eigenvalue weighted by molar-refractivity contribution is 0.399. The van der Waals surface area contributed by atoms with Gasteiger partial charge in [-0.25, -0.2) is 4.39 Å². The van der Waals surface area contributed by atoms with Crippen LogP contribution in [0.25, 0.3) is 0 Å². The van der Waals surface area contributed by atoms with Crippen LogP contribution in [0.3, 0.4) is 0 Å². The third-order valence-corrected chi connectivity index (χ3v) is 3.22. The van der Waals surface area contributed by atoms with Gasteiger partial charge in [-0.15, -0.1) is 0 Å². The van der Waals surface area contributed by atoms with E-state index in [9.17, 15) is 4.39 Å². The van der Waals surface area contributed by atoms with E-state index >= 15 is 0 Å². The summed E-state index contributed by atoms with van der Waals surface area (Å²) in [7, 11) is 1.60. The van der Waals surface area contributed by atoms with Crippen molar-refractivity contribution in [1.82, 2.24) is 5.32 Å². The van der Waals surface area contributed by atoms with Crippen molar-refractivity contribution in [2.24, 2.45) is 0 Å². The maximum Gasteiger partial charge on any atom is 0.130 e. The second-order valence-corrected chi connectivity index (χ2v) is 4.19.